The van der Waals surface area contributed by atoms with Crippen LogP contribution in [-0.4, -0.2) is 35.4 Å². The highest BCUT2D eigenvalue weighted by atomic mass is 32.2. The SMILES string of the molecule is O=C(COC(=O)c1ccc(N2C(=O)CC(Sc3ccccc3)C2=O)cc1)c1ccccc1. The van der Waals surface area contributed by atoms with E-state index in [-0.39, 0.29) is 36.2 Å². The minimum Gasteiger partial charge on any atom is -0.454 e. The molecule has 1 unspecified atom stereocenters. The summed E-state index contributed by atoms with van der Waals surface area (Å²) in [4.78, 5) is 51.7. The molecule has 0 saturated carbocycles. The summed E-state index contributed by atoms with van der Waals surface area (Å²) in [5.41, 5.74) is 1.08. The van der Waals surface area contributed by atoms with E-state index in [1.165, 1.54) is 36.0 Å². The molecule has 1 aliphatic rings. The first-order chi connectivity index (χ1) is 15.5. The van der Waals surface area contributed by atoms with Gasteiger partial charge in [0.15, 0.2) is 12.4 Å². The lowest BCUT2D eigenvalue weighted by Crippen LogP contribution is -2.31. The van der Waals surface area contributed by atoms with E-state index in [9.17, 15) is 19.2 Å². The molecule has 3 aromatic carbocycles. The van der Waals surface area contributed by atoms with E-state index >= 15 is 0 Å². The number of hydrogen-bond acceptors (Lipinski definition) is 6. The first-order valence-corrected chi connectivity index (χ1v) is 10.8. The number of carbonyl (C=O) groups excluding carboxylic acids is 4. The number of benzene rings is 3. The third-order valence-corrected chi connectivity index (χ3v) is 6.12. The molecule has 7 heteroatoms. The van der Waals surface area contributed by atoms with Crippen LogP contribution in [0.4, 0.5) is 5.69 Å². The molecule has 0 N–H and O–H groups in total. The lowest BCUT2D eigenvalue weighted by molar-refractivity contribution is -0.121. The van der Waals surface area contributed by atoms with Crippen LogP contribution in [0.15, 0.2) is 89.8 Å². The number of ether oxygens (including phenoxy) is 1. The fourth-order valence-corrected chi connectivity index (χ4v) is 4.37. The second-order valence-corrected chi connectivity index (χ2v) is 8.38. The highest BCUT2D eigenvalue weighted by molar-refractivity contribution is 8.00. The molecule has 0 aromatic heterocycles. The van der Waals surface area contributed by atoms with Gasteiger partial charge in [-0.25, -0.2) is 9.69 Å². The number of hydrogen-bond donors (Lipinski definition) is 0. The largest absolute Gasteiger partial charge is 0.454 e. The van der Waals surface area contributed by atoms with Crippen molar-refractivity contribution in [3.63, 3.8) is 0 Å². The van der Waals surface area contributed by atoms with E-state index in [2.05, 4.69) is 0 Å². The van der Waals surface area contributed by atoms with E-state index in [0.717, 1.165) is 9.80 Å². The Morgan fingerprint density at radius 2 is 1.47 bits per heavy atom. The zero-order valence-corrected chi connectivity index (χ0v) is 17.8. The third-order valence-electron chi connectivity index (χ3n) is 4.92. The Morgan fingerprint density at radius 1 is 0.844 bits per heavy atom. The van der Waals surface area contributed by atoms with Crippen LogP contribution >= 0.6 is 11.8 Å². The van der Waals surface area contributed by atoms with Crippen LogP contribution < -0.4 is 4.90 Å². The molecule has 1 atom stereocenters. The molecule has 0 spiro atoms. The summed E-state index contributed by atoms with van der Waals surface area (Å²) in [7, 11) is 0. The van der Waals surface area contributed by atoms with Crippen LogP contribution in [0.3, 0.4) is 0 Å². The van der Waals surface area contributed by atoms with Crippen molar-refractivity contribution in [3.05, 3.63) is 96.1 Å². The number of thioether (sulfide) groups is 1. The van der Waals surface area contributed by atoms with Crippen molar-refractivity contribution in [2.24, 2.45) is 0 Å². The van der Waals surface area contributed by atoms with Gasteiger partial charge in [0.25, 0.3) is 0 Å². The molecule has 0 radical (unpaired) electrons. The Bertz CT molecular complexity index is 1150. The third kappa shape index (κ3) is 4.78. The fourth-order valence-electron chi connectivity index (χ4n) is 3.30. The van der Waals surface area contributed by atoms with Crippen molar-refractivity contribution >= 4 is 41.0 Å². The van der Waals surface area contributed by atoms with Crippen LogP contribution in [0.2, 0.25) is 0 Å². The lowest BCUT2D eigenvalue weighted by atomic mass is 10.1. The first-order valence-electron chi connectivity index (χ1n) is 9.97. The standard InChI is InChI=1S/C25H19NO5S/c27-21(17-7-3-1-4-8-17)16-31-25(30)18-11-13-19(14-12-18)26-23(28)15-22(24(26)29)32-20-9-5-2-6-10-20/h1-14,22H,15-16H2. The minimum absolute atomic E-state index is 0.115. The predicted molar refractivity (Wildman–Crippen MR) is 121 cm³/mol. The van der Waals surface area contributed by atoms with Gasteiger partial charge in [0, 0.05) is 16.9 Å². The summed E-state index contributed by atoms with van der Waals surface area (Å²) in [6.45, 7) is -0.369. The van der Waals surface area contributed by atoms with Gasteiger partial charge in [0.05, 0.1) is 16.5 Å². The summed E-state index contributed by atoms with van der Waals surface area (Å²) < 4.78 is 5.10. The van der Waals surface area contributed by atoms with Crippen molar-refractivity contribution in [1.82, 2.24) is 0 Å². The molecule has 1 fully saturated rings. The van der Waals surface area contributed by atoms with Crippen molar-refractivity contribution in [3.8, 4) is 0 Å². The molecule has 6 nitrogen and oxygen atoms in total. The highest BCUT2D eigenvalue weighted by Gasteiger charge is 2.40. The van der Waals surface area contributed by atoms with E-state index in [1.807, 2.05) is 30.3 Å². The average molecular weight is 445 g/mol. The topological polar surface area (TPSA) is 80.8 Å². The maximum Gasteiger partial charge on any atom is 0.338 e. The number of ketones is 1. The predicted octanol–water partition coefficient (Wildman–Crippen LogP) is 4.15. The average Bonchev–Trinajstić information content (AvgIpc) is 3.11. The van der Waals surface area contributed by atoms with Gasteiger partial charge in [-0.15, -0.1) is 11.8 Å². The number of imide groups is 1. The monoisotopic (exact) mass is 445 g/mol. The summed E-state index contributed by atoms with van der Waals surface area (Å²) in [6.07, 6.45) is 0.115. The zero-order valence-electron chi connectivity index (χ0n) is 17.0. The Morgan fingerprint density at radius 3 is 2.12 bits per heavy atom. The number of anilines is 1. The second-order valence-electron chi connectivity index (χ2n) is 7.10. The maximum atomic E-state index is 12.8. The summed E-state index contributed by atoms with van der Waals surface area (Å²) in [5, 5.41) is -0.487. The van der Waals surface area contributed by atoms with Gasteiger partial charge < -0.3 is 4.74 Å². The molecule has 0 bridgehead atoms. The Labute approximate surface area is 189 Å². The number of rotatable bonds is 7. The van der Waals surface area contributed by atoms with Crippen LogP contribution in [-0.2, 0) is 14.3 Å². The molecule has 4 rings (SSSR count). The van der Waals surface area contributed by atoms with Gasteiger partial charge in [-0.2, -0.15) is 0 Å². The summed E-state index contributed by atoms with van der Waals surface area (Å²) in [5.74, 6) is -1.52. The molecule has 1 heterocycles. The van der Waals surface area contributed by atoms with Crippen molar-refractivity contribution in [2.75, 3.05) is 11.5 Å². The van der Waals surface area contributed by atoms with Crippen molar-refractivity contribution in [2.45, 2.75) is 16.6 Å². The molecule has 3 aromatic rings. The number of Topliss-reactive ketones (excluding diaryl/α,β-unsaturated/α-hetero) is 1. The molecule has 160 valence electrons. The number of carbonyl (C=O) groups is 4. The fraction of sp³-hybridized carbons (Fsp3) is 0.120. The first kappa shape index (κ1) is 21.5. The molecular formula is C25H19NO5S. The minimum atomic E-state index is -0.655. The van der Waals surface area contributed by atoms with Gasteiger partial charge >= 0.3 is 5.97 Å². The zero-order chi connectivity index (χ0) is 22.5. The summed E-state index contributed by atoms with van der Waals surface area (Å²) >= 11 is 1.36. The maximum absolute atomic E-state index is 12.8. The normalized spacial score (nSPS) is 15.6. The van der Waals surface area contributed by atoms with Gasteiger partial charge in [0.2, 0.25) is 11.8 Å². The number of amides is 2. The smallest absolute Gasteiger partial charge is 0.338 e. The van der Waals surface area contributed by atoms with E-state index in [1.54, 1.807) is 30.3 Å². The van der Waals surface area contributed by atoms with Crippen LogP contribution in [0.25, 0.3) is 0 Å². The number of nitrogens with zero attached hydrogens (tertiary/aromatic N) is 1. The Balaban J connectivity index is 1.38. The highest BCUT2D eigenvalue weighted by Crippen LogP contribution is 2.33. The molecule has 1 saturated heterocycles. The van der Waals surface area contributed by atoms with Crippen LogP contribution in [0, 0.1) is 0 Å². The van der Waals surface area contributed by atoms with Gasteiger partial charge in [-0.05, 0) is 36.4 Å². The second kappa shape index (κ2) is 9.62. The van der Waals surface area contributed by atoms with Gasteiger partial charge in [0.1, 0.15) is 0 Å². The van der Waals surface area contributed by atoms with E-state index in [4.69, 9.17) is 4.74 Å². The summed E-state index contributed by atoms with van der Waals surface area (Å²) in [6, 6.07) is 24.0. The van der Waals surface area contributed by atoms with Gasteiger partial charge in [-0.1, -0.05) is 48.5 Å². The van der Waals surface area contributed by atoms with E-state index < -0.39 is 11.2 Å². The lowest BCUT2D eigenvalue weighted by Gasteiger charge is -2.15. The Kier molecular flexibility index (Phi) is 6.47. The molecule has 32 heavy (non-hydrogen) atoms. The van der Waals surface area contributed by atoms with Gasteiger partial charge in [-0.3, -0.25) is 14.4 Å². The quantitative estimate of drug-likeness (QED) is 0.309. The Hall–Kier alpha value is -3.71. The number of esters is 1. The van der Waals surface area contributed by atoms with E-state index in [0.29, 0.717) is 11.3 Å². The van der Waals surface area contributed by atoms with Crippen LogP contribution in [0.5, 0.6) is 0 Å². The van der Waals surface area contributed by atoms with Crippen LogP contribution in [0.1, 0.15) is 27.1 Å². The molecule has 1 aliphatic heterocycles. The molecular weight excluding hydrogens is 426 g/mol. The van der Waals surface area contributed by atoms with Crippen molar-refractivity contribution < 1.29 is 23.9 Å². The van der Waals surface area contributed by atoms with Crippen molar-refractivity contribution in [1.29, 1.82) is 0 Å². The molecule has 2 amide bonds. The molecule has 0 aliphatic carbocycles.